The normalized spacial score (nSPS) is 18.0. The Morgan fingerprint density at radius 2 is 1.82 bits per heavy atom. The van der Waals surface area contributed by atoms with Gasteiger partial charge in [0.25, 0.3) is 0 Å². The summed E-state index contributed by atoms with van der Waals surface area (Å²) in [6.07, 6.45) is -1.40. The maximum Gasteiger partial charge on any atom is 0.411 e. The lowest BCUT2D eigenvalue weighted by molar-refractivity contribution is -0.138. The summed E-state index contributed by atoms with van der Waals surface area (Å²) in [4.78, 5) is 22.4. The van der Waals surface area contributed by atoms with Crippen molar-refractivity contribution in [2.75, 3.05) is 11.4 Å². The zero-order valence-corrected chi connectivity index (χ0v) is 8.35. The van der Waals surface area contributed by atoms with Crippen LogP contribution in [0.4, 0.5) is 19.3 Å². The largest absolute Gasteiger partial charge is 0.481 e. The van der Waals surface area contributed by atoms with Gasteiger partial charge in [-0.3, -0.25) is 9.69 Å². The third-order valence-corrected chi connectivity index (χ3v) is 2.63. The number of carboxylic acids is 1. The molecule has 0 bridgehead atoms. The van der Waals surface area contributed by atoms with Crippen molar-refractivity contribution in [1.29, 1.82) is 0 Å². The van der Waals surface area contributed by atoms with Crippen LogP contribution in [0.25, 0.3) is 0 Å². The summed E-state index contributed by atoms with van der Waals surface area (Å²) in [6.45, 7) is -0.344. The lowest BCUT2D eigenvalue weighted by atomic mass is 10.0. The summed E-state index contributed by atoms with van der Waals surface area (Å²) in [5.41, 5.74) is -0.150. The fourth-order valence-corrected chi connectivity index (χ4v) is 1.84. The van der Waals surface area contributed by atoms with Gasteiger partial charge in [-0.2, -0.15) is 0 Å². The first-order valence-electron chi connectivity index (χ1n) is 4.64. The van der Waals surface area contributed by atoms with Crippen molar-refractivity contribution in [3.8, 4) is 0 Å². The third kappa shape index (κ3) is 1.69. The van der Waals surface area contributed by atoms with E-state index in [0.29, 0.717) is 11.0 Å². The van der Waals surface area contributed by atoms with Crippen molar-refractivity contribution in [1.82, 2.24) is 0 Å². The molecule has 1 aromatic rings. The number of aliphatic carboxylic acids is 1. The smallest absolute Gasteiger partial charge is 0.411 e. The zero-order chi connectivity index (χ0) is 12.7. The Balaban J connectivity index is 2.58. The fraction of sp³-hybridized carbons (Fsp3) is 0.200. The van der Waals surface area contributed by atoms with E-state index in [1.54, 1.807) is 0 Å². The van der Waals surface area contributed by atoms with Crippen LogP contribution in [-0.4, -0.2) is 28.8 Å². The van der Waals surface area contributed by atoms with Crippen LogP contribution in [0.2, 0.25) is 0 Å². The summed E-state index contributed by atoms with van der Waals surface area (Å²) in [5.74, 6) is -4.85. The van der Waals surface area contributed by atoms with Crippen molar-refractivity contribution in [3.63, 3.8) is 0 Å². The third-order valence-electron chi connectivity index (χ3n) is 2.63. The van der Waals surface area contributed by atoms with Crippen LogP contribution in [0.15, 0.2) is 12.1 Å². The van der Waals surface area contributed by atoms with E-state index in [-0.39, 0.29) is 17.8 Å². The van der Waals surface area contributed by atoms with Gasteiger partial charge in [-0.15, -0.1) is 0 Å². The Labute approximate surface area is 93.9 Å². The molecule has 1 aliphatic rings. The van der Waals surface area contributed by atoms with Crippen molar-refractivity contribution in [3.05, 3.63) is 29.3 Å². The molecule has 0 aromatic heterocycles. The van der Waals surface area contributed by atoms with Gasteiger partial charge in [0.1, 0.15) is 5.92 Å². The molecular formula is C10H7F2NO4. The number of anilines is 1. The number of rotatable bonds is 1. The van der Waals surface area contributed by atoms with Crippen LogP contribution in [-0.2, 0) is 4.79 Å². The van der Waals surface area contributed by atoms with Crippen LogP contribution in [0.5, 0.6) is 0 Å². The molecule has 7 heteroatoms. The van der Waals surface area contributed by atoms with Crippen LogP contribution in [0.1, 0.15) is 11.5 Å². The van der Waals surface area contributed by atoms with E-state index < -0.39 is 29.6 Å². The number of hydrogen-bond donors (Lipinski definition) is 2. The van der Waals surface area contributed by atoms with Gasteiger partial charge in [0, 0.05) is 12.6 Å². The van der Waals surface area contributed by atoms with Gasteiger partial charge < -0.3 is 10.2 Å². The number of hydrogen-bond acceptors (Lipinski definition) is 2. The lowest BCUT2D eigenvalue weighted by Gasteiger charge is -2.12. The molecule has 0 fully saturated rings. The Morgan fingerprint density at radius 1 is 1.24 bits per heavy atom. The summed E-state index contributed by atoms with van der Waals surface area (Å²) >= 11 is 0. The molecule has 0 saturated carbocycles. The molecule has 1 unspecified atom stereocenters. The van der Waals surface area contributed by atoms with Crippen LogP contribution in [0, 0.1) is 11.6 Å². The first-order chi connectivity index (χ1) is 7.91. The minimum Gasteiger partial charge on any atom is -0.481 e. The number of carboxylic acid groups (broad SMARTS) is 2. The van der Waals surface area contributed by atoms with Crippen molar-refractivity contribution in [2.45, 2.75) is 5.92 Å². The summed E-state index contributed by atoms with van der Waals surface area (Å²) < 4.78 is 26.0. The fourth-order valence-electron chi connectivity index (χ4n) is 1.84. The Hall–Kier alpha value is -2.18. The average Bonchev–Trinajstić information content (AvgIpc) is 2.57. The highest BCUT2D eigenvalue weighted by Crippen LogP contribution is 2.37. The maximum absolute atomic E-state index is 13.0. The van der Waals surface area contributed by atoms with E-state index in [2.05, 4.69) is 0 Å². The Morgan fingerprint density at radius 3 is 2.35 bits per heavy atom. The van der Waals surface area contributed by atoms with Gasteiger partial charge in [-0.25, -0.2) is 13.6 Å². The first-order valence-corrected chi connectivity index (χ1v) is 4.64. The molecule has 0 spiro atoms. The summed E-state index contributed by atoms with van der Waals surface area (Å²) in [7, 11) is 0. The summed E-state index contributed by atoms with van der Waals surface area (Å²) in [5, 5.41) is 17.7. The average molecular weight is 243 g/mol. The van der Waals surface area contributed by atoms with Crippen molar-refractivity contribution >= 4 is 17.7 Å². The molecule has 0 radical (unpaired) electrons. The Kier molecular flexibility index (Phi) is 2.45. The van der Waals surface area contributed by atoms with Crippen molar-refractivity contribution in [2.24, 2.45) is 0 Å². The van der Waals surface area contributed by atoms with Gasteiger partial charge in [0.15, 0.2) is 11.6 Å². The number of carbonyl (C=O) groups is 2. The number of amides is 1. The number of nitrogens with zero attached hydrogens (tertiary/aromatic N) is 1. The highest BCUT2D eigenvalue weighted by atomic mass is 19.2. The second kappa shape index (κ2) is 3.69. The summed E-state index contributed by atoms with van der Waals surface area (Å²) in [6, 6.07) is 1.42. The molecule has 2 N–H and O–H groups in total. The zero-order valence-electron chi connectivity index (χ0n) is 8.35. The quantitative estimate of drug-likeness (QED) is 0.785. The van der Waals surface area contributed by atoms with Gasteiger partial charge in [0.05, 0.1) is 5.69 Å². The second-order valence-electron chi connectivity index (χ2n) is 3.61. The van der Waals surface area contributed by atoms with Gasteiger partial charge in [0.2, 0.25) is 0 Å². The monoisotopic (exact) mass is 243 g/mol. The van der Waals surface area contributed by atoms with Crippen molar-refractivity contribution < 1.29 is 28.6 Å². The molecule has 90 valence electrons. The molecule has 0 saturated heterocycles. The molecule has 5 nitrogen and oxygen atoms in total. The van der Waals surface area contributed by atoms with E-state index in [4.69, 9.17) is 10.2 Å². The highest BCUT2D eigenvalue weighted by molar-refractivity contribution is 5.94. The molecule has 1 amide bonds. The molecule has 17 heavy (non-hydrogen) atoms. The molecular weight excluding hydrogens is 236 g/mol. The van der Waals surface area contributed by atoms with E-state index in [1.165, 1.54) is 0 Å². The maximum atomic E-state index is 13.0. The standard InChI is InChI=1S/C10H7F2NO4/c11-6-1-4-5(9(14)15)3-13(10(16)17)8(4)2-7(6)12/h1-2,5H,3H2,(H,14,15)(H,16,17). The molecule has 2 rings (SSSR count). The van der Waals surface area contributed by atoms with Gasteiger partial charge >= 0.3 is 12.1 Å². The Bertz CT molecular complexity index is 472. The molecule has 1 atom stereocenters. The lowest BCUT2D eigenvalue weighted by Crippen LogP contribution is -2.29. The minimum absolute atomic E-state index is 0.0289. The first kappa shape index (κ1) is 11.3. The second-order valence-corrected chi connectivity index (χ2v) is 3.61. The molecule has 1 aliphatic heterocycles. The highest BCUT2D eigenvalue weighted by Gasteiger charge is 2.37. The van der Waals surface area contributed by atoms with Crippen LogP contribution in [0.3, 0.4) is 0 Å². The minimum atomic E-state index is -1.40. The predicted octanol–water partition coefficient (Wildman–Crippen LogP) is 1.63. The molecule has 1 heterocycles. The van der Waals surface area contributed by atoms with E-state index in [0.717, 1.165) is 6.07 Å². The van der Waals surface area contributed by atoms with Gasteiger partial charge in [-0.05, 0) is 11.6 Å². The number of fused-ring (bicyclic) bond motifs is 1. The van der Waals surface area contributed by atoms with Crippen LogP contribution >= 0.6 is 0 Å². The van der Waals surface area contributed by atoms with Crippen LogP contribution < -0.4 is 4.90 Å². The molecule has 0 aliphatic carbocycles. The SMILES string of the molecule is O=C(O)C1CN(C(=O)O)c2cc(F)c(F)cc21. The van der Waals surface area contributed by atoms with E-state index >= 15 is 0 Å². The number of halogens is 2. The van der Waals surface area contributed by atoms with Gasteiger partial charge in [-0.1, -0.05) is 0 Å². The van der Waals surface area contributed by atoms with E-state index in [9.17, 15) is 18.4 Å². The number of benzene rings is 1. The van der Waals surface area contributed by atoms with E-state index in [1.807, 2.05) is 0 Å². The molecule has 1 aromatic carbocycles. The topological polar surface area (TPSA) is 77.8 Å². The predicted molar refractivity (Wildman–Crippen MR) is 52.1 cm³/mol.